The van der Waals surface area contributed by atoms with Gasteiger partial charge in [-0.2, -0.15) is 0 Å². The lowest BCUT2D eigenvalue weighted by molar-refractivity contribution is 0.0321. The van der Waals surface area contributed by atoms with Gasteiger partial charge in [-0.15, -0.1) is 0 Å². The van der Waals surface area contributed by atoms with Crippen LogP contribution in [0.1, 0.15) is 26.3 Å². The minimum Gasteiger partial charge on any atom is -0.497 e. The molecule has 4 nitrogen and oxygen atoms in total. The number of hydrogen-bond acceptors (Lipinski definition) is 4. The number of rotatable bonds is 6. The van der Waals surface area contributed by atoms with Gasteiger partial charge in [0.2, 0.25) is 0 Å². The SMILES string of the molecule is COCC(O)COc1ccc(OC)cc1C(C)(C)C. The molecule has 0 saturated heterocycles. The zero-order valence-electron chi connectivity index (χ0n) is 12.4. The highest BCUT2D eigenvalue weighted by molar-refractivity contribution is 5.44. The molecule has 1 unspecified atom stereocenters. The summed E-state index contributed by atoms with van der Waals surface area (Å²) < 4.78 is 15.8. The smallest absolute Gasteiger partial charge is 0.123 e. The fourth-order valence-electron chi connectivity index (χ4n) is 1.77. The van der Waals surface area contributed by atoms with Gasteiger partial charge in [0.1, 0.15) is 24.2 Å². The lowest BCUT2D eigenvalue weighted by Gasteiger charge is -2.24. The van der Waals surface area contributed by atoms with Crippen molar-refractivity contribution in [2.45, 2.75) is 32.3 Å². The van der Waals surface area contributed by atoms with Crippen LogP contribution in [0.5, 0.6) is 11.5 Å². The van der Waals surface area contributed by atoms with E-state index in [1.807, 2.05) is 18.2 Å². The first-order chi connectivity index (χ1) is 8.88. The second-order valence-corrected chi connectivity index (χ2v) is 5.53. The Morgan fingerprint density at radius 3 is 2.37 bits per heavy atom. The molecule has 1 N–H and O–H groups in total. The van der Waals surface area contributed by atoms with Crippen molar-refractivity contribution in [2.24, 2.45) is 0 Å². The first-order valence-electron chi connectivity index (χ1n) is 6.36. The topological polar surface area (TPSA) is 47.9 Å². The number of aliphatic hydroxyl groups excluding tert-OH is 1. The van der Waals surface area contributed by atoms with Gasteiger partial charge in [-0.3, -0.25) is 0 Å². The predicted molar refractivity (Wildman–Crippen MR) is 75.1 cm³/mol. The average molecular weight is 268 g/mol. The van der Waals surface area contributed by atoms with Crippen molar-refractivity contribution >= 4 is 0 Å². The summed E-state index contributed by atoms with van der Waals surface area (Å²) in [4.78, 5) is 0. The molecule has 0 aromatic heterocycles. The third kappa shape index (κ3) is 4.73. The van der Waals surface area contributed by atoms with Gasteiger partial charge in [-0.25, -0.2) is 0 Å². The van der Waals surface area contributed by atoms with Crippen LogP contribution in [-0.2, 0) is 10.2 Å². The van der Waals surface area contributed by atoms with E-state index in [-0.39, 0.29) is 18.6 Å². The minimum atomic E-state index is -0.625. The van der Waals surface area contributed by atoms with Gasteiger partial charge in [-0.05, 0) is 23.6 Å². The van der Waals surface area contributed by atoms with E-state index < -0.39 is 6.10 Å². The molecule has 0 amide bonds. The zero-order chi connectivity index (χ0) is 14.5. The highest BCUT2D eigenvalue weighted by atomic mass is 16.5. The number of methoxy groups -OCH3 is 2. The molecule has 1 atom stereocenters. The quantitative estimate of drug-likeness (QED) is 0.860. The molecule has 1 rings (SSSR count). The molecule has 0 aliphatic rings. The van der Waals surface area contributed by atoms with E-state index in [0.29, 0.717) is 0 Å². The third-order valence-corrected chi connectivity index (χ3v) is 2.79. The normalized spacial score (nSPS) is 13.2. The molecule has 0 aliphatic heterocycles. The van der Waals surface area contributed by atoms with Crippen LogP contribution in [0, 0.1) is 0 Å². The number of hydrogen-bond donors (Lipinski definition) is 1. The zero-order valence-corrected chi connectivity index (χ0v) is 12.4. The number of benzene rings is 1. The molecule has 0 bridgehead atoms. The van der Waals surface area contributed by atoms with Crippen molar-refractivity contribution in [2.75, 3.05) is 27.4 Å². The Balaban J connectivity index is 2.87. The fourth-order valence-corrected chi connectivity index (χ4v) is 1.77. The van der Waals surface area contributed by atoms with Crippen LogP contribution in [0.4, 0.5) is 0 Å². The number of ether oxygens (including phenoxy) is 3. The maximum atomic E-state index is 9.63. The lowest BCUT2D eigenvalue weighted by atomic mass is 9.86. The average Bonchev–Trinajstić information content (AvgIpc) is 2.35. The second-order valence-electron chi connectivity index (χ2n) is 5.53. The van der Waals surface area contributed by atoms with Gasteiger partial charge in [0.15, 0.2) is 0 Å². The molecule has 0 saturated carbocycles. The Morgan fingerprint density at radius 2 is 1.84 bits per heavy atom. The molecule has 0 spiro atoms. The van der Waals surface area contributed by atoms with E-state index in [0.717, 1.165) is 17.1 Å². The van der Waals surface area contributed by atoms with E-state index in [9.17, 15) is 5.11 Å². The van der Waals surface area contributed by atoms with E-state index in [4.69, 9.17) is 14.2 Å². The summed E-state index contributed by atoms with van der Waals surface area (Å²) >= 11 is 0. The molecule has 108 valence electrons. The lowest BCUT2D eigenvalue weighted by Crippen LogP contribution is -2.24. The van der Waals surface area contributed by atoms with Crippen LogP contribution in [0.25, 0.3) is 0 Å². The summed E-state index contributed by atoms with van der Waals surface area (Å²) in [5.74, 6) is 1.57. The molecule has 0 fully saturated rings. The van der Waals surface area contributed by atoms with E-state index in [1.54, 1.807) is 14.2 Å². The Morgan fingerprint density at radius 1 is 1.16 bits per heavy atom. The van der Waals surface area contributed by atoms with Crippen molar-refractivity contribution in [3.05, 3.63) is 23.8 Å². The van der Waals surface area contributed by atoms with E-state index in [1.165, 1.54) is 0 Å². The Kier molecular flexibility index (Phi) is 5.63. The molecule has 0 aliphatic carbocycles. The Bertz CT molecular complexity index is 396. The van der Waals surface area contributed by atoms with Crippen molar-refractivity contribution in [3.63, 3.8) is 0 Å². The van der Waals surface area contributed by atoms with Crippen molar-refractivity contribution in [1.82, 2.24) is 0 Å². The summed E-state index contributed by atoms with van der Waals surface area (Å²) in [5.41, 5.74) is 0.993. The van der Waals surface area contributed by atoms with Gasteiger partial charge in [0, 0.05) is 12.7 Å². The van der Waals surface area contributed by atoms with Crippen LogP contribution in [0.3, 0.4) is 0 Å². The largest absolute Gasteiger partial charge is 0.497 e. The summed E-state index contributed by atoms with van der Waals surface area (Å²) in [6, 6.07) is 5.70. The minimum absolute atomic E-state index is 0.0594. The van der Waals surface area contributed by atoms with Gasteiger partial charge in [-0.1, -0.05) is 20.8 Å². The van der Waals surface area contributed by atoms with Crippen molar-refractivity contribution in [1.29, 1.82) is 0 Å². The second kappa shape index (κ2) is 6.78. The van der Waals surface area contributed by atoms with Gasteiger partial charge in [0.25, 0.3) is 0 Å². The Hall–Kier alpha value is -1.26. The molecular formula is C15H24O4. The summed E-state index contributed by atoms with van der Waals surface area (Å²) in [6.07, 6.45) is -0.625. The van der Waals surface area contributed by atoms with Gasteiger partial charge >= 0.3 is 0 Å². The first kappa shape index (κ1) is 15.8. The standard InChI is InChI=1S/C15H24O4/c1-15(2,3)13-8-12(18-5)6-7-14(13)19-10-11(16)9-17-4/h6-8,11,16H,9-10H2,1-5H3. The van der Waals surface area contributed by atoms with Crippen LogP contribution >= 0.6 is 0 Å². The summed E-state index contributed by atoms with van der Waals surface area (Å²) in [5, 5.41) is 9.63. The maximum absolute atomic E-state index is 9.63. The highest BCUT2D eigenvalue weighted by Gasteiger charge is 2.20. The van der Waals surface area contributed by atoms with Crippen LogP contribution in [0.2, 0.25) is 0 Å². The molecular weight excluding hydrogens is 244 g/mol. The predicted octanol–water partition coefficient (Wildman–Crippen LogP) is 2.38. The van der Waals surface area contributed by atoms with Crippen molar-refractivity contribution < 1.29 is 19.3 Å². The summed E-state index contributed by atoms with van der Waals surface area (Å²) in [7, 11) is 3.20. The number of aliphatic hydroxyl groups is 1. The van der Waals surface area contributed by atoms with Gasteiger partial charge < -0.3 is 19.3 Å². The molecule has 4 heteroatoms. The molecule has 1 aromatic carbocycles. The molecule has 0 heterocycles. The first-order valence-corrected chi connectivity index (χ1v) is 6.36. The van der Waals surface area contributed by atoms with Crippen LogP contribution in [-0.4, -0.2) is 38.6 Å². The molecule has 19 heavy (non-hydrogen) atoms. The van der Waals surface area contributed by atoms with Gasteiger partial charge in [0.05, 0.1) is 13.7 Å². The third-order valence-electron chi connectivity index (χ3n) is 2.79. The van der Waals surface area contributed by atoms with Crippen molar-refractivity contribution in [3.8, 4) is 11.5 Å². The fraction of sp³-hybridized carbons (Fsp3) is 0.600. The highest BCUT2D eigenvalue weighted by Crippen LogP contribution is 2.34. The Labute approximate surface area is 115 Å². The molecule has 1 aromatic rings. The van der Waals surface area contributed by atoms with Crippen LogP contribution < -0.4 is 9.47 Å². The maximum Gasteiger partial charge on any atom is 0.123 e. The van der Waals surface area contributed by atoms with E-state index in [2.05, 4.69) is 20.8 Å². The molecule has 0 radical (unpaired) electrons. The monoisotopic (exact) mass is 268 g/mol. The van der Waals surface area contributed by atoms with E-state index >= 15 is 0 Å². The summed E-state index contributed by atoms with van der Waals surface area (Å²) in [6.45, 7) is 6.81. The van der Waals surface area contributed by atoms with Crippen LogP contribution in [0.15, 0.2) is 18.2 Å².